The Morgan fingerprint density at radius 1 is 1.47 bits per heavy atom. The van der Waals surface area contributed by atoms with Crippen LogP contribution in [-0.2, 0) is 0 Å². The molecule has 0 saturated heterocycles. The van der Waals surface area contributed by atoms with E-state index in [4.69, 9.17) is 16.4 Å². The van der Waals surface area contributed by atoms with Crippen molar-refractivity contribution in [2.45, 2.75) is 4.90 Å². The molecule has 0 spiro atoms. The van der Waals surface area contributed by atoms with Gasteiger partial charge in [0.15, 0.2) is 5.84 Å². The number of rotatable bonds is 3. The molecule has 0 atom stereocenters. The number of nitriles is 1. The van der Waals surface area contributed by atoms with Gasteiger partial charge in [0.1, 0.15) is 6.07 Å². The van der Waals surface area contributed by atoms with E-state index in [2.05, 4.69) is 23.2 Å². The van der Waals surface area contributed by atoms with Gasteiger partial charge in [-0.15, -0.1) is 12.6 Å². The van der Waals surface area contributed by atoms with Crippen molar-refractivity contribution >= 4 is 29.9 Å². The second kappa shape index (κ2) is 5.02. The Bertz CT molecular complexity index is 429. The van der Waals surface area contributed by atoms with Gasteiger partial charge in [0.2, 0.25) is 5.71 Å². The largest absolute Gasteiger partial charge is 0.382 e. The number of hydrogen-bond acceptors (Lipinski definition) is 5. The maximum Gasteiger partial charge on any atom is 0.201 e. The first kappa shape index (κ1) is 11.1. The molecule has 1 aromatic rings. The van der Waals surface area contributed by atoms with Crippen molar-refractivity contribution in [1.29, 1.82) is 10.7 Å². The van der Waals surface area contributed by atoms with Crippen LogP contribution >= 0.6 is 12.6 Å². The van der Waals surface area contributed by atoms with Crippen LogP contribution in [0.3, 0.4) is 0 Å². The molecule has 4 N–H and O–H groups in total. The van der Waals surface area contributed by atoms with Crippen LogP contribution in [-0.4, -0.2) is 11.5 Å². The first-order valence-corrected chi connectivity index (χ1v) is 4.45. The topological polar surface area (TPSA) is 98.0 Å². The Balaban J connectivity index is 2.76. The highest BCUT2D eigenvalue weighted by Gasteiger charge is 2.00. The number of hydrogen-bond donors (Lipinski definition) is 4. The molecule has 1 aromatic carbocycles. The average Bonchev–Trinajstić information content (AvgIpc) is 2.21. The van der Waals surface area contributed by atoms with E-state index >= 15 is 0 Å². The van der Waals surface area contributed by atoms with Gasteiger partial charge in [-0.05, 0) is 24.3 Å². The average molecular weight is 219 g/mol. The van der Waals surface area contributed by atoms with Crippen LogP contribution in [0.15, 0.2) is 34.3 Å². The van der Waals surface area contributed by atoms with Crippen molar-refractivity contribution in [3.63, 3.8) is 0 Å². The van der Waals surface area contributed by atoms with Crippen molar-refractivity contribution in [3.8, 4) is 6.07 Å². The predicted octanol–water partition coefficient (Wildman–Crippen LogP) is 1.20. The number of nitrogens with two attached hydrogens (primary N) is 1. The molecule has 0 aliphatic heterocycles. The van der Waals surface area contributed by atoms with E-state index < -0.39 is 0 Å². The molecular weight excluding hydrogens is 210 g/mol. The van der Waals surface area contributed by atoms with Crippen LogP contribution < -0.4 is 11.2 Å². The fourth-order valence-electron chi connectivity index (χ4n) is 0.802. The van der Waals surface area contributed by atoms with E-state index in [1.165, 1.54) is 0 Å². The Kier molecular flexibility index (Phi) is 3.71. The normalized spacial score (nSPS) is 10.5. The third-order valence-electron chi connectivity index (χ3n) is 1.53. The maximum absolute atomic E-state index is 8.56. The van der Waals surface area contributed by atoms with Gasteiger partial charge in [-0.3, -0.25) is 10.8 Å². The Morgan fingerprint density at radius 3 is 2.53 bits per heavy atom. The van der Waals surface area contributed by atoms with Gasteiger partial charge in [0, 0.05) is 4.90 Å². The lowest BCUT2D eigenvalue weighted by Crippen LogP contribution is -2.21. The minimum Gasteiger partial charge on any atom is -0.382 e. The number of nitrogens with one attached hydrogen (secondary N) is 2. The zero-order valence-corrected chi connectivity index (χ0v) is 8.62. The van der Waals surface area contributed by atoms with Crippen LogP contribution in [0.4, 0.5) is 5.69 Å². The Morgan fingerprint density at radius 2 is 2.07 bits per heavy atom. The second-order valence-corrected chi connectivity index (χ2v) is 3.16. The molecule has 76 valence electrons. The minimum absolute atomic E-state index is 0.148. The molecule has 0 aliphatic rings. The molecule has 5 nitrogen and oxygen atoms in total. The van der Waals surface area contributed by atoms with Gasteiger partial charge >= 0.3 is 0 Å². The summed E-state index contributed by atoms with van der Waals surface area (Å²) in [5.74, 6) is -0.365. The second-order valence-electron chi connectivity index (χ2n) is 2.64. The predicted molar refractivity (Wildman–Crippen MR) is 62.3 cm³/mol. The number of anilines is 1. The van der Waals surface area contributed by atoms with Gasteiger partial charge in [-0.25, -0.2) is 0 Å². The summed E-state index contributed by atoms with van der Waals surface area (Å²) < 4.78 is 0. The number of amidine groups is 1. The SMILES string of the molecule is N#C/C(=N\Nc1ccc(S)cc1)C(=N)N. The third-order valence-corrected chi connectivity index (χ3v) is 1.82. The number of benzene rings is 1. The standard InChI is InChI=1S/C9H9N5S/c10-5-8(9(11)12)14-13-6-1-3-7(15)4-2-6/h1-4,13,15H,(H3,11,12)/b14-8+. The zero-order valence-electron chi connectivity index (χ0n) is 7.73. The van der Waals surface area contributed by atoms with E-state index in [0.29, 0.717) is 5.69 Å². The first-order valence-electron chi connectivity index (χ1n) is 4.00. The lowest BCUT2D eigenvalue weighted by molar-refractivity contribution is 1.32. The highest BCUT2D eigenvalue weighted by atomic mass is 32.1. The van der Waals surface area contributed by atoms with Gasteiger partial charge < -0.3 is 5.73 Å². The molecule has 0 aromatic heterocycles. The quantitative estimate of drug-likeness (QED) is 0.266. The van der Waals surface area contributed by atoms with Crippen molar-refractivity contribution < 1.29 is 0 Å². The number of thiol groups is 1. The summed E-state index contributed by atoms with van der Waals surface area (Å²) in [6.07, 6.45) is 0. The van der Waals surface area contributed by atoms with Gasteiger partial charge in [0.25, 0.3) is 0 Å². The van der Waals surface area contributed by atoms with Crippen LogP contribution in [0, 0.1) is 16.7 Å². The summed E-state index contributed by atoms with van der Waals surface area (Å²) in [5, 5.41) is 19.3. The third kappa shape index (κ3) is 3.32. The van der Waals surface area contributed by atoms with E-state index in [1.54, 1.807) is 30.3 Å². The zero-order chi connectivity index (χ0) is 11.3. The minimum atomic E-state index is -0.365. The van der Waals surface area contributed by atoms with E-state index in [1.807, 2.05) is 0 Å². The molecule has 0 bridgehead atoms. The highest BCUT2D eigenvalue weighted by molar-refractivity contribution is 7.80. The lowest BCUT2D eigenvalue weighted by atomic mass is 10.3. The van der Waals surface area contributed by atoms with Crippen molar-refractivity contribution in [2.24, 2.45) is 10.8 Å². The van der Waals surface area contributed by atoms with Crippen molar-refractivity contribution in [1.82, 2.24) is 0 Å². The molecule has 0 amide bonds. The number of hydrazone groups is 1. The van der Waals surface area contributed by atoms with Crippen LogP contribution in [0.25, 0.3) is 0 Å². The molecule has 0 aliphatic carbocycles. The molecular formula is C9H9N5S. The molecule has 0 heterocycles. The van der Waals surface area contributed by atoms with Crippen LogP contribution in [0.5, 0.6) is 0 Å². The fraction of sp³-hybridized carbons (Fsp3) is 0. The number of nitrogens with zero attached hydrogens (tertiary/aromatic N) is 2. The Hall–Kier alpha value is -2.00. The summed E-state index contributed by atoms with van der Waals surface area (Å²) in [7, 11) is 0. The molecule has 0 radical (unpaired) electrons. The van der Waals surface area contributed by atoms with Crippen molar-refractivity contribution in [2.75, 3.05) is 5.43 Å². The van der Waals surface area contributed by atoms with E-state index in [0.717, 1.165) is 4.90 Å². The maximum atomic E-state index is 8.56. The molecule has 6 heteroatoms. The van der Waals surface area contributed by atoms with Gasteiger partial charge in [-0.2, -0.15) is 10.4 Å². The summed E-state index contributed by atoms with van der Waals surface area (Å²) in [4.78, 5) is 0.830. The summed E-state index contributed by atoms with van der Waals surface area (Å²) in [5.41, 5.74) is 8.28. The molecule has 0 fully saturated rings. The summed E-state index contributed by atoms with van der Waals surface area (Å²) >= 11 is 4.12. The summed E-state index contributed by atoms with van der Waals surface area (Å²) in [6.45, 7) is 0. The monoisotopic (exact) mass is 219 g/mol. The van der Waals surface area contributed by atoms with Gasteiger partial charge in [-0.1, -0.05) is 0 Å². The van der Waals surface area contributed by atoms with Crippen LogP contribution in [0.1, 0.15) is 0 Å². The smallest absolute Gasteiger partial charge is 0.201 e. The van der Waals surface area contributed by atoms with E-state index in [-0.39, 0.29) is 11.5 Å². The van der Waals surface area contributed by atoms with Gasteiger partial charge in [0.05, 0.1) is 5.69 Å². The highest BCUT2D eigenvalue weighted by Crippen LogP contribution is 2.11. The Labute approximate surface area is 92.5 Å². The molecule has 1 rings (SSSR count). The summed E-state index contributed by atoms with van der Waals surface area (Å²) in [6, 6.07) is 8.77. The lowest BCUT2D eigenvalue weighted by Gasteiger charge is -2.00. The molecule has 0 saturated carbocycles. The molecule has 0 unspecified atom stereocenters. The first-order chi connectivity index (χ1) is 7.13. The van der Waals surface area contributed by atoms with E-state index in [9.17, 15) is 0 Å². The fourth-order valence-corrected chi connectivity index (χ4v) is 0.951. The molecule has 15 heavy (non-hydrogen) atoms. The van der Waals surface area contributed by atoms with Crippen molar-refractivity contribution in [3.05, 3.63) is 24.3 Å². The van der Waals surface area contributed by atoms with Crippen LogP contribution in [0.2, 0.25) is 0 Å².